The minimum atomic E-state index is -4.90. The van der Waals surface area contributed by atoms with Crippen molar-refractivity contribution in [2.24, 2.45) is 0 Å². The van der Waals surface area contributed by atoms with Crippen molar-refractivity contribution in [2.45, 2.75) is 55.5 Å². The van der Waals surface area contributed by atoms with Gasteiger partial charge in [-0.05, 0) is 0 Å². The number of nitrogens with two attached hydrogens (primary N) is 1. The predicted molar refractivity (Wildman–Crippen MR) is 136 cm³/mol. The van der Waals surface area contributed by atoms with Crippen LogP contribution in [0.2, 0.25) is 0 Å². The Morgan fingerprint density at radius 3 is 2.52 bits per heavy atom. The highest BCUT2D eigenvalue weighted by molar-refractivity contribution is 7.47. The number of phosphoric ester groups is 1. The maximum atomic E-state index is 12.9. The van der Waals surface area contributed by atoms with Crippen LogP contribution < -0.4 is 11.3 Å². The van der Waals surface area contributed by atoms with E-state index in [0.29, 0.717) is 0 Å². The summed E-state index contributed by atoms with van der Waals surface area (Å²) in [6.45, 7) is -1.12. The summed E-state index contributed by atoms with van der Waals surface area (Å²) in [5, 5.41) is 47.4. The van der Waals surface area contributed by atoms with E-state index in [4.69, 9.17) is 24.3 Å². The van der Waals surface area contributed by atoms with Crippen LogP contribution in [0.5, 0.6) is 0 Å². The Kier molecular flexibility index (Phi) is 7.51. The number of fused-ring (bicyclic) bond motifs is 2. The summed E-state index contributed by atoms with van der Waals surface area (Å²) in [6, 6.07) is 0. The maximum absolute atomic E-state index is 12.9. The van der Waals surface area contributed by atoms with Crippen LogP contribution in [0, 0.1) is 0 Å². The Morgan fingerprint density at radius 2 is 1.74 bits per heavy atom. The van der Waals surface area contributed by atoms with Crippen molar-refractivity contribution < 1.29 is 48.4 Å². The zero-order valence-corrected chi connectivity index (χ0v) is 22.3. The van der Waals surface area contributed by atoms with Crippen molar-refractivity contribution in [2.75, 3.05) is 18.9 Å². The molecule has 4 aromatic rings. The van der Waals surface area contributed by atoms with Crippen LogP contribution in [-0.2, 0) is 23.1 Å². The van der Waals surface area contributed by atoms with Gasteiger partial charge in [0.05, 0.1) is 43.7 Å². The van der Waals surface area contributed by atoms with Crippen LogP contribution in [0.4, 0.5) is 5.82 Å². The molecule has 0 bridgehead atoms. The van der Waals surface area contributed by atoms with Crippen molar-refractivity contribution in [3.63, 3.8) is 0 Å². The fraction of sp³-hybridized carbons (Fsp3) is 0.524. The topological polar surface area (TPSA) is 288 Å². The Labute approximate surface area is 233 Å². The van der Waals surface area contributed by atoms with Crippen molar-refractivity contribution >= 4 is 35.8 Å². The maximum Gasteiger partial charge on any atom is 0.472 e. The average Bonchev–Trinajstić information content (AvgIpc) is 3.71. The van der Waals surface area contributed by atoms with Gasteiger partial charge in [-0.3, -0.25) is 23.0 Å². The van der Waals surface area contributed by atoms with Gasteiger partial charge in [0.2, 0.25) is 0 Å². The van der Waals surface area contributed by atoms with E-state index in [1.54, 1.807) is 0 Å². The van der Waals surface area contributed by atoms with Gasteiger partial charge in [0.1, 0.15) is 42.4 Å². The Bertz CT molecular complexity index is 1700. The molecule has 2 aliphatic heterocycles. The molecule has 6 rings (SSSR count). The number of rotatable bonds is 9. The monoisotopic (exact) mass is 611 g/mol. The van der Waals surface area contributed by atoms with E-state index in [9.17, 15) is 34.7 Å². The summed E-state index contributed by atoms with van der Waals surface area (Å²) in [5.74, 6) is 0.118. The second-order valence-corrected chi connectivity index (χ2v) is 11.0. The van der Waals surface area contributed by atoms with E-state index in [0.717, 1.165) is 0 Å². The van der Waals surface area contributed by atoms with Gasteiger partial charge in [-0.2, -0.15) is 5.10 Å². The largest absolute Gasteiger partial charge is 0.472 e. The molecule has 21 heteroatoms. The van der Waals surface area contributed by atoms with Gasteiger partial charge in [-0.15, -0.1) is 0 Å². The molecule has 0 spiro atoms. The van der Waals surface area contributed by atoms with Crippen LogP contribution in [0.3, 0.4) is 0 Å². The number of phosphoric acid groups is 1. The number of aliphatic hydroxyl groups is 4. The number of hydrogen-bond donors (Lipinski definition) is 7. The van der Waals surface area contributed by atoms with E-state index < -0.39 is 75.7 Å². The van der Waals surface area contributed by atoms with E-state index in [1.807, 2.05) is 0 Å². The number of nitrogens with one attached hydrogen (secondary N) is 1. The molecular weight excluding hydrogens is 585 g/mol. The fourth-order valence-corrected chi connectivity index (χ4v) is 5.94. The lowest BCUT2D eigenvalue weighted by atomic mass is 10.1. The van der Waals surface area contributed by atoms with Gasteiger partial charge < -0.3 is 40.5 Å². The first-order valence-electron chi connectivity index (χ1n) is 12.5. The van der Waals surface area contributed by atoms with Crippen molar-refractivity contribution in [1.29, 1.82) is 0 Å². The molecule has 8 N–H and O–H groups in total. The number of aliphatic hydroxyl groups excluding tert-OH is 4. The number of ether oxygens (including phenoxy) is 2. The lowest BCUT2D eigenvalue weighted by molar-refractivity contribution is -0.0527. The average molecular weight is 611 g/mol. The van der Waals surface area contributed by atoms with Crippen LogP contribution in [0.15, 0.2) is 30.0 Å². The molecule has 0 amide bonds. The summed E-state index contributed by atoms with van der Waals surface area (Å²) in [5.41, 5.74) is 5.92. The number of nitrogen functional groups attached to an aromatic ring is 1. The SMILES string of the molecule is Nc1ncnc2c1ncn2[C@@H]1O[C@H](CCOP(=O)(O)O[C@@H]2[C@H](O)[C@@H](CO)O[C@H]2n2cnc3c(=O)[nH]ncc32)[C@@H](O)[C@H]1O. The predicted octanol–water partition coefficient (Wildman–Crippen LogP) is -2.70. The molecular formula is C21H26N9O11P. The Balaban J connectivity index is 1.13. The standard InChI is InChI=1S/C21H26N9O11P/c22-17-12-18(24-5-23-17)30(7-26-12)20-15(34)13(32)9(39-20)1-2-38-42(36,37)41-16-14(33)10(4-31)40-21(16)29-6-25-11-8(29)3-27-28-19(11)35/h3,5-7,9-10,13-16,20-21,31-34H,1-2,4H2,(H,28,35)(H,36,37)(H2,22,23,24)/t9-,10-,13-,14-,15-,16-,20-,21-/m1/s1. The van der Waals surface area contributed by atoms with Gasteiger partial charge in [0, 0.05) is 6.42 Å². The van der Waals surface area contributed by atoms with Crippen molar-refractivity contribution in [1.82, 2.24) is 39.3 Å². The second-order valence-electron chi connectivity index (χ2n) is 9.61. The number of imidazole rings is 2. The van der Waals surface area contributed by atoms with Crippen LogP contribution in [0.1, 0.15) is 18.9 Å². The van der Waals surface area contributed by atoms with Crippen LogP contribution in [-0.4, -0.2) is 114 Å². The van der Waals surface area contributed by atoms with E-state index >= 15 is 0 Å². The molecule has 2 aliphatic rings. The molecule has 42 heavy (non-hydrogen) atoms. The molecule has 20 nitrogen and oxygen atoms in total. The number of aromatic amines is 1. The highest BCUT2D eigenvalue weighted by Crippen LogP contribution is 2.49. The first kappa shape index (κ1) is 28.7. The molecule has 0 radical (unpaired) electrons. The molecule has 226 valence electrons. The van der Waals surface area contributed by atoms with Gasteiger partial charge >= 0.3 is 7.82 Å². The summed E-state index contributed by atoms with van der Waals surface area (Å²) >= 11 is 0. The third kappa shape index (κ3) is 4.96. The molecule has 6 heterocycles. The lowest BCUT2D eigenvalue weighted by Gasteiger charge is -2.24. The number of H-pyrrole nitrogens is 1. The molecule has 4 aromatic heterocycles. The Hall–Kier alpha value is -3.43. The van der Waals surface area contributed by atoms with Gasteiger partial charge in [-0.1, -0.05) is 0 Å². The lowest BCUT2D eigenvalue weighted by Crippen LogP contribution is -2.35. The smallest absolute Gasteiger partial charge is 0.394 e. The van der Waals surface area contributed by atoms with Crippen molar-refractivity contribution in [3.05, 3.63) is 35.5 Å². The third-order valence-electron chi connectivity index (χ3n) is 7.08. The minimum Gasteiger partial charge on any atom is -0.394 e. The summed E-state index contributed by atoms with van der Waals surface area (Å²) in [6.07, 6.45) is -5.71. The summed E-state index contributed by atoms with van der Waals surface area (Å²) in [7, 11) is -4.90. The van der Waals surface area contributed by atoms with Gasteiger partial charge in [0.25, 0.3) is 5.56 Å². The zero-order valence-electron chi connectivity index (χ0n) is 21.4. The summed E-state index contributed by atoms with van der Waals surface area (Å²) < 4.78 is 37.3. The third-order valence-corrected chi connectivity index (χ3v) is 8.10. The molecule has 0 aromatic carbocycles. The normalized spacial score (nSPS) is 31.3. The molecule has 0 aliphatic carbocycles. The van der Waals surface area contributed by atoms with Crippen LogP contribution >= 0.6 is 7.82 Å². The molecule has 1 unspecified atom stereocenters. The number of hydrogen-bond acceptors (Lipinski definition) is 16. The second kappa shape index (κ2) is 11.0. The van der Waals surface area contributed by atoms with E-state index in [1.165, 1.54) is 34.3 Å². The quantitative estimate of drug-likeness (QED) is 0.0948. The molecule has 9 atom stereocenters. The molecule has 2 fully saturated rings. The molecule has 2 saturated heterocycles. The van der Waals surface area contributed by atoms with Crippen LogP contribution in [0.25, 0.3) is 22.2 Å². The van der Waals surface area contributed by atoms with E-state index in [-0.39, 0.29) is 34.4 Å². The first-order valence-corrected chi connectivity index (χ1v) is 14.0. The van der Waals surface area contributed by atoms with E-state index in [2.05, 4.69) is 30.1 Å². The Morgan fingerprint density at radius 1 is 1.00 bits per heavy atom. The fourth-order valence-electron chi connectivity index (χ4n) is 5.01. The molecule has 0 saturated carbocycles. The number of aromatic nitrogens is 8. The first-order chi connectivity index (χ1) is 20.1. The van der Waals surface area contributed by atoms with Crippen molar-refractivity contribution in [3.8, 4) is 0 Å². The summed E-state index contributed by atoms with van der Waals surface area (Å²) in [4.78, 5) is 38.5. The van der Waals surface area contributed by atoms with Gasteiger partial charge in [0.15, 0.2) is 29.4 Å². The number of anilines is 1. The minimum absolute atomic E-state index is 0.00654. The van der Waals surface area contributed by atoms with Gasteiger partial charge in [-0.25, -0.2) is 29.6 Å². The number of nitrogens with zero attached hydrogens (tertiary/aromatic N) is 7. The highest BCUT2D eigenvalue weighted by atomic mass is 31.2. The highest BCUT2D eigenvalue weighted by Gasteiger charge is 2.49. The zero-order chi connectivity index (χ0) is 29.8.